The molecule has 0 amide bonds. The molecule has 64 heavy (non-hydrogen) atoms. The van der Waals surface area contributed by atoms with Gasteiger partial charge in [0.05, 0.1) is 5.69 Å². The van der Waals surface area contributed by atoms with E-state index in [-0.39, 0.29) is 5.41 Å². The Hall–Kier alpha value is -7.72. The SMILES string of the molecule is CC1(C)c2ccccc2-c2cccc(-c3ccc(N(c4ccc(-c5cccc6c5sc5ccccc56)cc4)c4ccccc4-c4cccc5oc6c7ccccc7ccc6c45)cc3)c21. The number of hydrogen-bond donors (Lipinski definition) is 0. The lowest BCUT2D eigenvalue weighted by atomic mass is 9.79. The average molecular weight is 836 g/mol. The lowest BCUT2D eigenvalue weighted by Gasteiger charge is -2.29. The molecule has 3 heteroatoms. The number of hydrogen-bond acceptors (Lipinski definition) is 3. The van der Waals surface area contributed by atoms with E-state index in [2.05, 4.69) is 231 Å². The van der Waals surface area contributed by atoms with Crippen LogP contribution in [0.4, 0.5) is 17.1 Å². The van der Waals surface area contributed by atoms with Gasteiger partial charge in [-0.3, -0.25) is 0 Å². The van der Waals surface area contributed by atoms with Crippen LogP contribution < -0.4 is 4.90 Å². The molecular weight excluding hydrogens is 795 g/mol. The molecule has 0 radical (unpaired) electrons. The summed E-state index contributed by atoms with van der Waals surface area (Å²) in [6.45, 7) is 4.73. The van der Waals surface area contributed by atoms with Gasteiger partial charge in [-0.05, 0) is 104 Å². The van der Waals surface area contributed by atoms with E-state index in [1.54, 1.807) is 0 Å². The van der Waals surface area contributed by atoms with E-state index < -0.39 is 0 Å². The molecule has 10 aromatic carbocycles. The van der Waals surface area contributed by atoms with Crippen LogP contribution in [0.5, 0.6) is 0 Å². The summed E-state index contributed by atoms with van der Waals surface area (Å²) in [5.41, 5.74) is 17.6. The molecule has 1 aliphatic carbocycles. The van der Waals surface area contributed by atoms with E-state index in [1.807, 2.05) is 11.3 Å². The number of anilines is 3. The minimum Gasteiger partial charge on any atom is -0.455 e. The summed E-state index contributed by atoms with van der Waals surface area (Å²) < 4.78 is 9.35. The number of thiophene rings is 1. The molecule has 0 unspecified atom stereocenters. The molecule has 0 saturated heterocycles. The first kappa shape index (κ1) is 36.9. The van der Waals surface area contributed by atoms with Gasteiger partial charge in [-0.1, -0.05) is 178 Å². The largest absolute Gasteiger partial charge is 0.455 e. The maximum Gasteiger partial charge on any atom is 0.143 e. The van der Waals surface area contributed by atoms with Crippen molar-refractivity contribution >= 4 is 81.3 Å². The van der Waals surface area contributed by atoms with E-state index >= 15 is 0 Å². The van der Waals surface area contributed by atoms with Crippen molar-refractivity contribution in [2.75, 3.05) is 4.90 Å². The Morgan fingerprint density at radius 3 is 1.84 bits per heavy atom. The Balaban J connectivity index is 0.981. The number of nitrogens with zero attached hydrogens (tertiary/aromatic N) is 1. The first-order chi connectivity index (χ1) is 31.5. The second-order valence-corrected chi connectivity index (χ2v) is 18.6. The van der Waals surface area contributed by atoms with E-state index in [1.165, 1.54) is 70.1 Å². The van der Waals surface area contributed by atoms with Gasteiger partial charge in [0.1, 0.15) is 11.2 Å². The van der Waals surface area contributed by atoms with Crippen molar-refractivity contribution in [1.29, 1.82) is 0 Å². The number of benzene rings is 10. The Labute approximate surface area is 375 Å². The lowest BCUT2D eigenvalue weighted by molar-refractivity contribution is 0.662. The molecule has 0 bridgehead atoms. The highest BCUT2D eigenvalue weighted by Gasteiger charge is 2.37. The molecule has 0 atom stereocenters. The second-order valence-electron chi connectivity index (χ2n) is 17.6. The predicted molar refractivity (Wildman–Crippen MR) is 273 cm³/mol. The summed E-state index contributed by atoms with van der Waals surface area (Å²) in [5, 5.41) is 7.16. The molecule has 0 fully saturated rings. The van der Waals surface area contributed by atoms with Crippen LogP contribution in [0.25, 0.3) is 97.4 Å². The van der Waals surface area contributed by atoms with Crippen LogP contribution in [0, 0.1) is 0 Å². The Morgan fingerprint density at radius 1 is 0.422 bits per heavy atom. The molecule has 12 aromatic rings. The standard InChI is InChI=1S/C61H41NOS/c1-61(2)53-24-8-5-16-46(53)50-22-11-19-43(58(50)61)39-28-33-41(34-29-39)62(42-35-30-40(31-36-42)45-20-12-23-51-48-18-7-10-27-56(48)64-60(45)51)54-25-9-6-17-47(54)49-21-13-26-55-57(49)52-37-32-38-14-3-4-15-44(38)59(52)63-55/h3-37H,1-2H3. The third-order valence-electron chi connectivity index (χ3n) is 13.7. The summed E-state index contributed by atoms with van der Waals surface area (Å²) in [4.78, 5) is 2.43. The van der Waals surface area contributed by atoms with Crippen molar-refractivity contribution in [3.8, 4) is 44.5 Å². The van der Waals surface area contributed by atoms with Gasteiger partial charge in [-0.2, -0.15) is 0 Å². The van der Waals surface area contributed by atoms with Gasteiger partial charge in [0.15, 0.2) is 0 Å². The molecule has 13 rings (SSSR count). The summed E-state index contributed by atoms with van der Waals surface area (Å²) in [5.74, 6) is 0. The highest BCUT2D eigenvalue weighted by molar-refractivity contribution is 7.26. The van der Waals surface area contributed by atoms with Crippen molar-refractivity contribution in [2.24, 2.45) is 0 Å². The van der Waals surface area contributed by atoms with Crippen molar-refractivity contribution < 1.29 is 4.42 Å². The third-order valence-corrected chi connectivity index (χ3v) is 14.9. The van der Waals surface area contributed by atoms with Crippen LogP contribution in [0.3, 0.4) is 0 Å². The van der Waals surface area contributed by atoms with Crippen LogP contribution in [0.1, 0.15) is 25.0 Å². The summed E-state index contributed by atoms with van der Waals surface area (Å²) in [6, 6.07) is 77.7. The molecule has 2 nitrogen and oxygen atoms in total. The Morgan fingerprint density at radius 2 is 1.02 bits per heavy atom. The van der Waals surface area contributed by atoms with E-state index in [0.29, 0.717) is 0 Å². The van der Waals surface area contributed by atoms with Gasteiger partial charge in [-0.15, -0.1) is 11.3 Å². The first-order valence-electron chi connectivity index (χ1n) is 22.1. The summed E-state index contributed by atoms with van der Waals surface area (Å²) >= 11 is 1.87. The molecule has 0 N–H and O–H groups in total. The molecule has 0 aliphatic heterocycles. The van der Waals surface area contributed by atoms with Gasteiger partial charge >= 0.3 is 0 Å². The minimum atomic E-state index is -0.112. The fourth-order valence-corrected chi connectivity index (χ4v) is 12.0. The van der Waals surface area contributed by atoms with Crippen molar-refractivity contribution in [1.82, 2.24) is 0 Å². The van der Waals surface area contributed by atoms with Crippen molar-refractivity contribution in [3.05, 3.63) is 223 Å². The maximum absolute atomic E-state index is 6.71. The number of fused-ring (bicyclic) bond motifs is 11. The smallest absolute Gasteiger partial charge is 0.143 e. The van der Waals surface area contributed by atoms with Gasteiger partial charge in [0, 0.05) is 58.7 Å². The van der Waals surface area contributed by atoms with Crippen LogP contribution in [-0.4, -0.2) is 0 Å². The first-order valence-corrected chi connectivity index (χ1v) is 22.9. The zero-order chi connectivity index (χ0) is 42.5. The highest BCUT2D eigenvalue weighted by atomic mass is 32.1. The van der Waals surface area contributed by atoms with E-state index in [9.17, 15) is 0 Å². The highest BCUT2D eigenvalue weighted by Crippen LogP contribution is 2.53. The molecule has 302 valence electrons. The number of rotatable bonds is 6. The van der Waals surface area contributed by atoms with Crippen molar-refractivity contribution in [2.45, 2.75) is 19.3 Å². The maximum atomic E-state index is 6.71. The lowest BCUT2D eigenvalue weighted by Crippen LogP contribution is -2.16. The van der Waals surface area contributed by atoms with Gasteiger partial charge in [0.2, 0.25) is 0 Å². The number of furan rings is 1. The molecule has 2 aromatic heterocycles. The van der Waals surface area contributed by atoms with E-state index in [0.717, 1.165) is 55.5 Å². The molecule has 1 aliphatic rings. The third kappa shape index (κ3) is 5.51. The topological polar surface area (TPSA) is 16.4 Å². The fourth-order valence-electron chi connectivity index (χ4n) is 10.7. The van der Waals surface area contributed by atoms with Crippen LogP contribution in [-0.2, 0) is 5.41 Å². The van der Waals surface area contributed by atoms with Gasteiger partial charge in [-0.25, -0.2) is 0 Å². The quantitative estimate of drug-likeness (QED) is 0.166. The summed E-state index contributed by atoms with van der Waals surface area (Å²) in [6.07, 6.45) is 0. The zero-order valence-electron chi connectivity index (χ0n) is 35.5. The zero-order valence-corrected chi connectivity index (χ0v) is 36.3. The summed E-state index contributed by atoms with van der Waals surface area (Å²) in [7, 11) is 0. The second kappa shape index (κ2) is 14.2. The predicted octanol–water partition coefficient (Wildman–Crippen LogP) is 17.9. The molecule has 0 spiro atoms. The number of para-hydroxylation sites is 1. The van der Waals surface area contributed by atoms with Gasteiger partial charge in [0.25, 0.3) is 0 Å². The van der Waals surface area contributed by atoms with Crippen LogP contribution in [0.2, 0.25) is 0 Å². The Bertz CT molecular complexity index is 3810. The molecule has 0 saturated carbocycles. The minimum absolute atomic E-state index is 0.112. The average Bonchev–Trinajstić information content (AvgIpc) is 4.00. The molecule has 2 heterocycles. The molecular formula is C61H41NOS. The van der Waals surface area contributed by atoms with Crippen LogP contribution in [0.15, 0.2) is 217 Å². The van der Waals surface area contributed by atoms with Crippen LogP contribution >= 0.6 is 11.3 Å². The fraction of sp³-hybridized carbons (Fsp3) is 0.0492. The monoisotopic (exact) mass is 835 g/mol. The van der Waals surface area contributed by atoms with Gasteiger partial charge < -0.3 is 9.32 Å². The van der Waals surface area contributed by atoms with Crippen molar-refractivity contribution in [3.63, 3.8) is 0 Å². The normalized spacial score (nSPS) is 13.0. The Kier molecular flexibility index (Phi) is 8.16. The van der Waals surface area contributed by atoms with E-state index in [4.69, 9.17) is 4.42 Å².